The average Bonchev–Trinajstić information content (AvgIpc) is 2.70. The molecule has 1 unspecified atom stereocenters. The second kappa shape index (κ2) is 17.4. The molecule has 0 saturated carbocycles. The minimum atomic E-state index is -0.668. The number of unbranched alkanes of at least 4 members (excludes halogenated alkanes) is 7. The van der Waals surface area contributed by atoms with Gasteiger partial charge in [0.1, 0.15) is 11.6 Å². The summed E-state index contributed by atoms with van der Waals surface area (Å²) < 4.78 is 44.9. The molecule has 32 heavy (non-hydrogen) atoms. The lowest BCUT2D eigenvalue weighted by atomic mass is 10.0. The summed E-state index contributed by atoms with van der Waals surface area (Å²) in [5, 5.41) is 0. The second-order valence-electron chi connectivity index (χ2n) is 9.31. The van der Waals surface area contributed by atoms with E-state index in [1.54, 1.807) is 6.07 Å². The SMILES string of the molecule is CCCCCCCCCC(CCCCc1ccc(F)cc1F)OC(OC(C)C)OC(C)C. The lowest BCUT2D eigenvalue weighted by Gasteiger charge is -2.28. The van der Waals surface area contributed by atoms with Crippen LogP contribution in [-0.4, -0.2) is 24.8 Å². The zero-order valence-corrected chi connectivity index (χ0v) is 21.0. The highest BCUT2D eigenvalue weighted by Crippen LogP contribution is 2.20. The molecule has 1 rings (SSSR count). The molecule has 0 fully saturated rings. The van der Waals surface area contributed by atoms with Crippen LogP contribution in [0.4, 0.5) is 8.78 Å². The number of hydrogen-bond acceptors (Lipinski definition) is 3. The Hall–Kier alpha value is -1.04. The predicted octanol–water partition coefficient (Wildman–Crippen LogP) is 8.34. The molecule has 1 atom stereocenters. The van der Waals surface area contributed by atoms with E-state index in [2.05, 4.69) is 6.92 Å². The molecule has 0 amide bonds. The molecular formula is C27H46F2O3. The highest BCUT2D eigenvalue weighted by molar-refractivity contribution is 5.18. The Bertz CT molecular complexity index is 582. The molecule has 0 saturated heterocycles. The fourth-order valence-electron chi connectivity index (χ4n) is 3.72. The van der Waals surface area contributed by atoms with Gasteiger partial charge in [-0.15, -0.1) is 0 Å². The van der Waals surface area contributed by atoms with Crippen LogP contribution in [0, 0.1) is 11.6 Å². The largest absolute Gasteiger partial charge is 0.327 e. The van der Waals surface area contributed by atoms with Crippen molar-refractivity contribution in [1.82, 2.24) is 0 Å². The van der Waals surface area contributed by atoms with Gasteiger partial charge < -0.3 is 14.2 Å². The van der Waals surface area contributed by atoms with Crippen LogP contribution in [0.15, 0.2) is 18.2 Å². The summed E-state index contributed by atoms with van der Waals surface area (Å²) in [6.45, 7) is 9.47. The van der Waals surface area contributed by atoms with Gasteiger partial charge in [-0.05, 0) is 65.0 Å². The number of hydrogen-bond donors (Lipinski definition) is 0. The average molecular weight is 457 g/mol. The topological polar surface area (TPSA) is 27.7 Å². The van der Waals surface area contributed by atoms with E-state index >= 15 is 0 Å². The van der Waals surface area contributed by atoms with Gasteiger partial charge in [0.15, 0.2) is 0 Å². The van der Waals surface area contributed by atoms with Crippen molar-refractivity contribution in [2.45, 2.75) is 136 Å². The molecular weight excluding hydrogens is 410 g/mol. The lowest BCUT2D eigenvalue weighted by molar-refractivity contribution is -0.327. The summed E-state index contributed by atoms with van der Waals surface area (Å²) in [5.74, 6) is -0.993. The van der Waals surface area contributed by atoms with Crippen LogP contribution in [0.3, 0.4) is 0 Å². The molecule has 5 heteroatoms. The number of benzene rings is 1. The van der Waals surface area contributed by atoms with Gasteiger partial charge >= 0.3 is 0 Å². The van der Waals surface area contributed by atoms with Crippen molar-refractivity contribution in [3.8, 4) is 0 Å². The normalized spacial score (nSPS) is 12.9. The number of rotatable bonds is 19. The molecule has 0 radical (unpaired) electrons. The minimum Gasteiger partial charge on any atom is -0.327 e. The number of aryl methyl sites for hydroxylation is 1. The standard InChI is InChI=1S/C27H46F2O3/c1-6-7-8-9-10-11-12-16-25(32-27(30-21(2)3)31-22(4)5)17-14-13-15-23-18-19-24(28)20-26(23)29/h18-22,25,27H,6-17H2,1-5H3. The van der Waals surface area contributed by atoms with Gasteiger partial charge in [0.05, 0.1) is 18.3 Å². The van der Waals surface area contributed by atoms with Crippen molar-refractivity contribution in [3.05, 3.63) is 35.4 Å². The Kier molecular flexibility index (Phi) is 15.8. The van der Waals surface area contributed by atoms with Crippen molar-refractivity contribution in [2.75, 3.05) is 0 Å². The summed E-state index contributed by atoms with van der Waals surface area (Å²) in [7, 11) is 0. The maximum Gasteiger partial charge on any atom is 0.272 e. The molecule has 0 aliphatic carbocycles. The zero-order valence-electron chi connectivity index (χ0n) is 21.0. The van der Waals surface area contributed by atoms with E-state index in [-0.39, 0.29) is 18.3 Å². The first-order valence-corrected chi connectivity index (χ1v) is 12.7. The third kappa shape index (κ3) is 14.2. The first-order valence-electron chi connectivity index (χ1n) is 12.7. The molecule has 0 heterocycles. The molecule has 186 valence electrons. The third-order valence-electron chi connectivity index (χ3n) is 5.44. The lowest BCUT2D eigenvalue weighted by Crippen LogP contribution is -2.31. The van der Waals surface area contributed by atoms with Crippen molar-refractivity contribution in [2.24, 2.45) is 0 Å². The third-order valence-corrected chi connectivity index (χ3v) is 5.44. The number of ether oxygens (including phenoxy) is 3. The molecule has 0 spiro atoms. The van der Waals surface area contributed by atoms with Gasteiger partial charge in [0.25, 0.3) is 6.48 Å². The Morgan fingerprint density at radius 1 is 0.719 bits per heavy atom. The summed E-state index contributed by atoms with van der Waals surface area (Å²) in [4.78, 5) is 0. The maximum absolute atomic E-state index is 13.9. The Labute approximate surface area is 195 Å². The van der Waals surface area contributed by atoms with Gasteiger partial charge in [-0.2, -0.15) is 0 Å². The van der Waals surface area contributed by atoms with Crippen molar-refractivity contribution in [1.29, 1.82) is 0 Å². The van der Waals surface area contributed by atoms with Gasteiger partial charge in [-0.1, -0.05) is 64.4 Å². The maximum atomic E-state index is 13.9. The van der Waals surface area contributed by atoms with Gasteiger partial charge in [-0.3, -0.25) is 0 Å². The first-order chi connectivity index (χ1) is 15.3. The van der Waals surface area contributed by atoms with Gasteiger partial charge in [-0.25, -0.2) is 8.78 Å². The molecule has 0 aromatic heterocycles. The summed E-state index contributed by atoms with van der Waals surface area (Å²) >= 11 is 0. The van der Waals surface area contributed by atoms with E-state index in [0.29, 0.717) is 12.0 Å². The Morgan fingerprint density at radius 2 is 1.28 bits per heavy atom. The van der Waals surface area contributed by atoms with Crippen LogP contribution >= 0.6 is 0 Å². The van der Waals surface area contributed by atoms with Crippen molar-refractivity contribution >= 4 is 0 Å². The predicted molar refractivity (Wildman–Crippen MR) is 128 cm³/mol. The van der Waals surface area contributed by atoms with Gasteiger partial charge in [0.2, 0.25) is 0 Å². The highest BCUT2D eigenvalue weighted by Gasteiger charge is 2.20. The fraction of sp³-hybridized carbons (Fsp3) is 0.778. The van der Waals surface area contributed by atoms with Gasteiger partial charge in [0, 0.05) is 6.07 Å². The fourth-order valence-corrected chi connectivity index (χ4v) is 3.72. The molecule has 0 aliphatic rings. The van der Waals surface area contributed by atoms with E-state index < -0.39 is 18.1 Å². The highest BCUT2D eigenvalue weighted by atomic mass is 19.1. The summed E-state index contributed by atoms with van der Waals surface area (Å²) in [6.07, 6.45) is 13.1. The molecule has 3 nitrogen and oxygen atoms in total. The molecule has 0 aliphatic heterocycles. The van der Waals surface area contributed by atoms with Crippen LogP contribution < -0.4 is 0 Å². The Morgan fingerprint density at radius 3 is 1.84 bits per heavy atom. The van der Waals surface area contributed by atoms with Crippen LogP contribution in [0.5, 0.6) is 0 Å². The van der Waals surface area contributed by atoms with E-state index in [0.717, 1.165) is 38.2 Å². The van der Waals surface area contributed by atoms with E-state index in [1.807, 2.05) is 27.7 Å². The summed E-state index contributed by atoms with van der Waals surface area (Å²) in [5.41, 5.74) is 0.570. The van der Waals surface area contributed by atoms with Crippen LogP contribution in [0.25, 0.3) is 0 Å². The number of halogens is 2. The quantitative estimate of drug-likeness (QED) is 0.155. The molecule has 0 N–H and O–H groups in total. The van der Waals surface area contributed by atoms with Crippen molar-refractivity contribution < 1.29 is 23.0 Å². The van der Waals surface area contributed by atoms with E-state index in [4.69, 9.17) is 14.2 Å². The summed E-state index contributed by atoms with van der Waals surface area (Å²) in [6, 6.07) is 3.82. The Balaban J connectivity index is 2.52. The van der Waals surface area contributed by atoms with Crippen LogP contribution in [0.1, 0.15) is 111 Å². The monoisotopic (exact) mass is 456 g/mol. The molecule has 1 aromatic carbocycles. The van der Waals surface area contributed by atoms with Crippen LogP contribution in [-0.2, 0) is 20.6 Å². The zero-order chi connectivity index (χ0) is 23.8. The molecule has 0 bridgehead atoms. The van der Waals surface area contributed by atoms with E-state index in [9.17, 15) is 8.78 Å². The van der Waals surface area contributed by atoms with E-state index in [1.165, 1.54) is 44.6 Å². The van der Waals surface area contributed by atoms with Crippen molar-refractivity contribution in [3.63, 3.8) is 0 Å². The molecule has 1 aromatic rings. The van der Waals surface area contributed by atoms with Crippen LogP contribution in [0.2, 0.25) is 0 Å². The minimum absolute atomic E-state index is 0.0133. The smallest absolute Gasteiger partial charge is 0.272 e. The first kappa shape index (κ1) is 29.0. The second-order valence-corrected chi connectivity index (χ2v) is 9.31.